The molecule has 2 aromatic rings. The Morgan fingerprint density at radius 1 is 1.53 bits per heavy atom. The van der Waals surface area contributed by atoms with Gasteiger partial charge in [-0.3, -0.25) is 0 Å². The van der Waals surface area contributed by atoms with Crippen LogP contribution in [-0.2, 0) is 13.5 Å². The van der Waals surface area contributed by atoms with Crippen LogP contribution in [0.1, 0.15) is 23.1 Å². The molecule has 1 aromatic carbocycles. The van der Waals surface area contributed by atoms with Gasteiger partial charge < -0.3 is 9.67 Å². The predicted molar refractivity (Wildman–Crippen MR) is 57.1 cm³/mol. The Labute approximate surface area is 87.2 Å². The third-order valence-electron chi connectivity index (χ3n) is 2.54. The van der Waals surface area contributed by atoms with Gasteiger partial charge in [-0.2, -0.15) is 0 Å². The maximum atomic E-state index is 10.9. The molecule has 1 heterocycles. The summed E-state index contributed by atoms with van der Waals surface area (Å²) < 4.78 is 1.59. The molecule has 0 aliphatic carbocycles. The fourth-order valence-electron chi connectivity index (χ4n) is 1.66. The average molecular weight is 204 g/mol. The van der Waals surface area contributed by atoms with Crippen molar-refractivity contribution in [2.75, 3.05) is 0 Å². The first kappa shape index (κ1) is 9.71. The quantitative estimate of drug-likeness (QED) is 0.812. The molecule has 4 nitrogen and oxygen atoms in total. The second-order valence-corrected chi connectivity index (χ2v) is 3.48. The number of hydrogen-bond donors (Lipinski definition) is 1. The lowest BCUT2D eigenvalue weighted by Gasteiger charge is -1.98. The largest absolute Gasteiger partial charge is 0.475 e. The highest BCUT2D eigenvalue weighted by Crippen LogP contribution is 2.17. The molecule has 0 aliphatic rings. The SMILES string of the molecule is CCc1ccc2c(c1)nc(C(=O)O)n2C. The van der Waals surface area contributed by atoms with Crippen molar-refractivity contribution in [2.45, 2.75) is 13.3 Å². The molecule has 0 atom stereocenters. The predicted octanol–water partition coefficient (Wildman–Crippen LogP) is 1.83. The van der Waals surface area contributed by atoms with Crippen molar-refractivity contribution < 1.29 is 9.90 Å². The fourth-order valence-corrected chi connectivity index (χ4v) is 1.66. The van der Waals surface area contributed by atoms with E-state index >= 15 is 0 Å². The zero-order valence-electron chi connectivity index (χ0n) is 8.69. The lowest BCUT2D eigenvalue weighted by molar-refractivity contribution is 0.0680. The third kappa shape index (κ3) is 1.48. The topological polar surface area (TPSA) is 55.1 Å². The smallest absolute Gasteiger partial charge is 0.372 e. The summed E-state index contributed by atoms with van der Waals surface area (Å²) >= 11 is 0. The summed E-state index contributed by atoms with van der Waals surface area (Å²) in [5, 5.41) is 8.91. The number of rotatable bonds is 2. The lowest BCUT2D eigenvalue weighted by Crippen LogP contribution is -2.05. The molecule has 0 bridgehead atoms. The lowest BCUT2D eigenvalue weighted by atomic mass is 10.1. The minimum absolute atomic E-state index is 0.0817. The maximum absolute atomic E-state index is 10.9. The van der Waals surface area contributed by atoms with E-state index in [0.29, 0.717) is 0 Å². The summed E-state index contributed by atoms with van der Waals surface area (Å²) in [6.07, 6.45) is 0.926. The number of aryl methyl sites for hydroxylation is 2. The normalized spacial score (nSPS) is 10.8. The van der Waals surface area contributed by atoms with Crippen molar-refractivity contribution in [3.05, 3.63) is 29.6 Å². The molecule has 15 heavy (non-hydrogen) atoms. The van der Waals surface area contributed by atoms with Crippen LogP contribution in [-0.4, -0.2) is 20.6 Å². The molecule has 0 saturated carbocycles. The van der Waals surface area contributed by atoms with Crippen molar-refractivity contribution >= 4 is 17.0 Å². The van der Waals surface area contributed by atoms with Gasteiger partial charge in [-0.25, -0.2) is 9.78 Å². The number of carbonyl (C=O) groups is 1. The zero-order valence-corrected chi connectivity index (χ0v) is 8.69. The highest BCUT2D eigenvalue weighted by molar-refractivity contribution is 5.89. The highest BCUT2D eigenvalue weighted by Gasteiger charge is 2.13. The molecule has 1 aromatic heterocycles. The van der Waals surface area contributed by atoms with E-state index in [9.17, 15) is 4.79 Å². The molecular formula is C11H12N2O2. The fraction of sp³-hybridized carbons (Fsp3) is 0.273. The van der Waals surface area contributed by atoms with Gasteiger partial charge in [0.25, 0.3) is 0 Å². The highest BCUT2D eigenvalue weighted by atomic mass is 16.4. The van der Waals surface area contributed by atoms with Gasteiger partial charge in [0.1, 0.15) is 0 Å². The van der Waals surface area contributed by atoms with E-state index in [4.69, 9.17) is 5.11 Å². The van der Waals surface area contributed by atoms with E-state index in [1.165, 1.54) is 0 Å². The summed E-state index contributed by atoms with van der Waals surface area (Å²) in [5.74, 6) is -0.912. The Kier molecular flexibility index (Phi) is 2.19. The first-order valence-electron chi connectivity index (χ1n) is 4.82. The third-order valence-corrected chi connectivity index (χ3v) is 2.54. The van der Waals surface area contributed by atoms with E-state index < -0.39 is 5.97 Å². The Balaban J connectivity index is 2.70. The number of hydrogen-bond acceptors (Lipinski definition) is 2. The molecule has 4 heteroatoms. The van der Waals surface area contributed by atoms with Crippen LogP contribution in [0.2, 0.25) is 0 Å². The Hall–Kier alpha value is -1.84. The van der Waals surface area contributed by atoms with Gasteiger partial charge >= 0.3 is 5.97 Å². The van der Waals surface area contributed by atoms with Crippen molar-refractivity contribution in [3.8, 4) is 0 Å². The van der Waals surface area contributed by atoms with Crippen molar-refractivity contribution in [1.29, 1.82) is 0 Å². The molecule has 1 N–H and O–H groups in total. The number of aromatic carboxylic acids is 1. The maximum Gasteiger partial charge on any atom is 0.372 e. The summed E-state index contributed by atoms with van der Waals surface area (Å²) in [4.78, 5) is 14.9. The molecule has 0 radical (unpaired) electrons. The Morgan fingerprint density at radius 2 is 2.27 bits per heavy atom. The van der Waals surface area contributed by atoms with Gasteiger partial charge in [0, 0.05) is 7.05 Å². The number of benzene rings is 1. The van der Waals surface area contributed by atoms with Gasteiger partial charge in [-0.15, -0.1) is 0 Å². The minimum Gasteiger partial charge on any atom is -0.475 e. The van der Waals surface area contributed by atoms with Crippen molar-refractivity contribution in [2.24, 2.45) is 7.05 Å². The molecule has 2 rings (SSSR count). The summed E-state index contributed by atoms with van der Waals surface area (Å²) in [5.41, 5.74) is 2.76. The number of nitrogens with zero attached hydrogens (tertiary/aromatic N) is 2. The standard InChI is InChI=1S/C11H12N2O2/c1-3-7-4-5-9-8(6-7)12-10(11(14)15)13(9)2/h4-6H,3H2,1-2H3,(H,14,15). The molecule has 0 saturated heterocycles. The average Bonchev–Trinajstić information content (AvgIpc) is 2.55. The van der Waals surface area contributed by atoms with Gasteiger partial charge in [0.2, 0.25) is 5.82 Å². The van der Waals surface area contributed by atoms with E-state index in [2.05, 4.69) is 11.9 Å². The van der Waals surface area contributed by atoms with Crippen LogP contribution in [0, 0.1) is 0 Å². The Morgan fingerprint density at radius 3 is 2.87 bits per heavy atom. The van der Waals surface area contributed by atoms with Gasteiger partial charge in [-0.1, -0.05) is 13.0 Å². The number of fused-ring (bicyclic) bond motifs is 1. The second kappa shape index (κ2) is 3.38. The van der Waals surface area contributed by atoms with Crippen molar-refractivity contribution in [3.63, 3.8) is 0 Å². The molecule has 0 aliphatic heterocycles. The number of carboxylic acid groups (broad SMARTS) is 1. The molecule has 0 fully saturated rings. The molecule has 78 valence electrons. The van der Waals surface area contributed by atoms with Crippen LogP contribution in [0.5, 0.6) is 0 Å². The van der Waals surface area contributed by atoms with Crippen LogP contribution >= 0.6 is 0 Å². The second-order valence-electron chi connectivity index (χ2n) is 3.48. The first-order valence-corrected chi connectivity index (χ1v) is 4.82. The van der Waals surface area contributed by atoms with Gasteiger partial charge in [-0.05, 0) is 24.1 Å². The van der Waals surface area contributed by atoms with Gasteiger partial charge in [0.15, 0.2) is 0 Å². The van der Waals surface area contributed by atoms with Crippen LogP contribution < -0.4 is 0 Å². The monoisotopic (exact) mass is 204 g/mol. The van der Waals surface area contributed by atoms with Crippen LogP contribution in [0.4, 0.5) is 0 Å². The van der Waals surface area contributed by atoms with E-state index in [1.54, 1.807) is 11.6 Å². The minimum atomic E-state index is -0.994. The number of aromatic nitrogens is 2. The summed E-state index contributed by atoms with van der Waals surface area (Å²) in [7, 11) is 1.71. The van der Waals surface area contributed by atoms with Gasteiger partial charge in [0.05, 0.1) is 11.0 Å². The molecule has 0 amide bonds. The molecule has 0 unspecified atom stereocenters. The number of carboxylic acids is 1. The summed E-state index contributed by atoms with van der Waals surface area (Å²) in [6.45, 7) is 2.06. The summed E-state index contributed by atoms with van der Waals surface area (Å²) in [6, 6.07) is 5.84. The zero-order chi connectivity index (χ0) is 11.0. The van der Waals surface area contributed by atoms with Crippen LogP contribution in [0.25, 0.3) is 11.0 Å². The van der Waals surface area contributed by atoms with E-state index in [1.807, 2.05) is 18.2 Å². The van der Waals surface area contributed by atoms with Crippen LogP contribution in [0.15, 0.2) is 18.2 Å². The van der Waals surface area contributed by atoms with Crippen molar-refractivity contribution in [1.82, 2.24) is 9.55 Å². The molecule has 0 spiro atoms. The van der Waals surface area contributed by atoms with E-state index in [0.717, 1.165) is 23.0 Å². The van der Waals surface area contributed by atoms with E-state index in [-0.39, 0.29) is 5.82 Å². The molecular weight excluding hydrogens is 192 g/mol. The van der Waals surface area contributed by atoms with Crippen LogP contribution in [0.3, 0.4) is 0 Å². The Bertz CT molecular complexity index is 529. The number of imidazole rings is 1. The first-order chi connectivity index (χ1) is 7.13.